The van der Waals surface area contributed by atoms with E-state index < -0.39 is 11.7 Å². The standard InChI is InChI=1S/C21H16FN3O3/c22-17-7-3-15(4-8-17)20(27)24-18-9-5-16(6-10-18)21(28)25-23-13-14-1-11-19(26)12-2-14/h1-13,26H,(H,24,27)(H,25,28). The molecule has 7 heteroatoms. The van der Waals surface area contributed by atoms with E-state index in [-0.39, 0.29) is 11.7 Å². The number of anilines is 1. The van der Waals surface area contributed by atoms with Gasteiger partial charge in [-0.25, -0.2) is 9.82 Å². The number of phenols is 1. The van der Waals surface area contributed by atoms with Crippen LogP contribution in [0.5, 0.6) is 5.75 Å². The average Bonchev–Trinajstić information content (AvgIpc) is 2.70. The summed E-state index contributed by atoms with van der Waals surface area (Å²) in [5.41, 5.74) is 4.31. The van der Waals surface area contributed by atoms with E-state index in [9.17, 15) is 19.1 Å². The van der Waals surface area contributed by atoms with E-state index in [0.717, 1.165) is 5.56 Å². The van der Waals surface area contributed by atoms with Crippen molar-refractivity contribution in [2.24, 2.45) is 5.10 Å². The molecule has 0 aliphatic carbocycles. The highest BCUT2D eigenvalue weighted by molar-refractivity contribution is 6.04. The van der Waals surface area contributed by atoms with E-state index in [1.54, 1.807) is 36.4 Å². The van der Waals surface area contributed by atoms with Crippen LogP contribution in [0.3, 0.4) is 0 Å². The van der Waals surface area contributed by atoms with E-state index in [1.807, 2.05) is 0 Å². The van der Waals surface area contributed by atoms with Gasteiger partial charge in [-0.2, -0.15) is 5.10 Å². The summed E-state index contributed by atoms with van der Waals surface area (Å²) >= 11 is 0. The maximum atomic E-state index is 12.9. The normalized spacial score (nSPS) is 10.6. The molecule has 140 valence electrons. The smallest absolute Gasteiger partial charge is 0.271 e. The molecule has 0 radical (unpaired) electrons. The minimum atomic E-state index is -0.417. The quantitative estimate of drug-likeness (QED) is 0.469. The second-order valence-corrected chi connectivity index (χ2v) is 5.83. The van der Waals surface area contributed by atoms with Gasteiger partial charge in [0, 0.05) is 16.8 Å². The van der Waals surface area contributed by atoms with Gasteiger partial charge in [-0.05, 0) is 78.4 Å². The number of nitrogens with one attached hydrogen (secondary N) is 2. The van der Waals surface area contributed by atoms with Crippen LogP contribution in [0, 0.1) is 5.82 Å². The van der Waals surface area contributed by atoms with Crippen molar-refractivity contribution in [2.75, 3.05) is 5.32 Å². The van der Waals surface area contributed by atoms with Crippen molar-refractivity contribution < 1.29 is 19.1 Å². The molecule has 0 bridgehead atoms. The number of nitrogens with zero attached hydrogens (tertiary/aromatic N) is 1. The number of phenolic OH excluding ortho intramolecular Hbond substituents is 1. The van der Waals surface area contributed by atoms with Gasteiger partial charge in [-0.15, -0.1) is 0 Å². The first-order chi connectivity index (χ1) is 13.5. The first kappa shape index (κ1) is 18.8. The van der Waals surface area contributed by atoms with Crippen LogP contribution < -0.4 is 10.7 Å². The fourth-order valence-electron chi connectivity index (χ4n) is 2.30. The Kier molecular flexibility index (Phi) is 5.76. The van der Waals surface area contributed by atoms with E-state index in [4.69, 9.17) is 0 Å². The molecular weight excluding hydrogens is 361 g/mol. The second kappa shape index (κ2) is 8.59. The van der Waals surface area contributed by atoms with E-state index in [1.165, 1.54) is 42.6 Å². The molecule has 0 fully saturated rings. The summed E-state index contributed by atoms with van der Waals surface area (Å²) in [6, 6.07) is 17.8. The number of amides is 2. The van der Waals surface area contributed by atoms with E-state index in [0.29, 0.717) is 16.8 Å². The van der Waals surface area contributed by atoms with Crippen LogP contribution in [0.25, 0.3) is 0 Å². The molecule has 3 rings (SSSR count). The predicted octanol–water partition coefficient (Wildman–Crippen LogP) is 3.55. The van der Waals surface area contributed by atoms with Crippen molar-refractivity contribution in [2.45, 2.75) is 0 Å². The van der Waals surface area contributed by atoms with Crippen LogP contribution in [0.15, 0.2) is 77.9 Å². The molecule has 0 unspecified atom stereocenters. The van der Waals surface area contributed by atoms with Gasteiger partial charge in [-0.1, -0.05) is 0 Å². The largest absolute Gasteiger partial charge is 0.508 e. The lowest BCUT2D eigenvalue weighted by molar-refractivity contribution is 0.0954. The Labute approximate surface area is 160 Å². The molecule has 28 heavy (non-hydrogen) atoms. The van der Waals surface area contributed by atoms with Gasteiger partial charge in [0.25, 0.3) is 11.8 Å². The number of hydrogen-bond acceptors (Lipinski definition) is 4. The fraction of sp³-hybridized carbons (Fsp3) is 0. The highest BCUT2D eigenvalue weighted by atomic mass is 19.1. The maximum absolute atomic E-state index is 12.9. The molecule has 0 saturated carbocycles. The van der Waals surface area contributed by atoms with E-state index >= 15 is 0 Å². The summed E-state index contributed by atoms with van der Waals surface area (Å²) in [6.07, 6.45) is 1.45. The van der Waals surface area contributed by atoms with Crippen LogP contribution in [-0.2, 0) is 0 Å². The number of hydrazone groups is 1. The van der Waals surface area contributed by atoms with Gasteiger partial charge < -0.3 is 10.4 Å². The lowest BCUT2D eigenvalue weighted by Gasteiger charge is -2.06. The SMILES string of the molecule is O=C(NN=Cc1ccc(O)cc1)c1ccc(NC(=O)c2ccc(F)cc2)cc1. The van der Waals surface area contributed by atoms with Crippen LogP contribution in [0.2, 0.25) is 0 Å². The van der Waals surface area contributed by atoms with Crippen LogP contribution in [0.1, 0.15) is 26.3 Å². The Balaban J connectivity index is 1.57. The number of benzene rings is 3. The molecule has 0 aromatic heterocycles. The van der Waals surface area contributed by atoms with Crippen molar-refractivity contribution in [3.05, 3.63) is 95.3 Å². The van der Waals surface area contributed by atoms with Gasteiger partial charge in [-0.3, -0.25) is 9.59 Å². The summed E-state index contributed by atoms with van der Waals surface area (Å²) in [7, 11) is 0. The molecule has 3 N–H and O–H groups in total. The van der Waals surface area contributed by atoms with Crippen molar-refractivity contribution in [3.8, 4) is 5.75 Å². The topological polar surface area (TPSA) is 90.8 Å². The molecular formula is C21H16FN3O3. The molecule has 6 nitrogen and oxygen atoms in total. The lowest BCUT2D eigenvalue weighted by atomic mass is 10.1. The molecule has 0 aliphatic rings. The zero-order valence-corrected chi connectivity index (χ0v) is 14.6. The van der Waals surface area contributed by atoms with Gasteiger partial charge in [0.15, 0.2) is 0 Å². The number of hydrogen-bond donors (Lipinski definition) is 3. The Morgan fingerprint density at radius 1 is 0.821 bits per heavy atom. The Morgan fingerprint density at radius 2 is 1.39 bits per heavy atom. The Bertz CT molecular complexity index is 999. The summed E-state index contributed by atoms with van der Waals surface area (Å²) in [4.78, 5) is 24.2. The number of carbonyl (C=O) groups excluding carboxylic acids is 2. The number of rotatable bonds is 5. The molecule has 3 aromatic rings. The Hall–Kier alpha value is -4.00. The highest BCUT2D eigenvalue weighted by Crippen LogP contribution is 2.12. The summed E-state index contributed by atoms with van der Waals surface area (Å²) in [5.74, 6) is -1.06. The first-order valence-corrected chi connectivity index (χ1v) is 8.31. The summed E-state index contributed by atoms with van der Waals surface area (Å²) in [5, 5.41) is 15.7. The Morgan fingerprint density at radius 3 is 2.04 bits per heavy atom. The van der Waals surface area contributed by atoms with Crippen molar-refractivity contribution in [3.63, 3.8) is 0 Å². The molecule has 0 heterocycles. The third-order valence-electron chi connectivity index (χ3n) is 3.78. The minimum Gasteiger partial charge on any atom is -0.508 e. The first-order valence-electron chi connectivity index (χ1n) is 8.31. The molecule has 0 atom stereocenters. The summed E-state index contributed by atoms with van der Waals surface area (Å²) in [6.45, 7) is 0. The van der Waals surface area contributed by atoms with Crippen molar-refractivity contribution in [1.29, 1.82) is 0 Å². The lowest BCUT2D eigenvalue weighted by Crippen LogP contribution is -2.17. The summed E-state index contributed by atoms with van der Waals surface area (Å²) < 4.78 is 12.9. The van der Waals surface area contributed by atoms with Gasteiger partial charge in [0.1, 0.15) is 11.6 Å². The third kappa shape index (κ3) is 5.01. The fourth-order valence-corrected chi connectivity index (χ4v) is 2.30. The molecule has 0 aliphatic heterocycles. The highest BCUT2D eigenvalue weighted by Gasteiger charge is 2.08. The predicted molar refractivity (Wildman–Crippen MR) is 104 cm³/mol. The van der Waals surface area contributed by atoms with Gasteiger partial charge in [0.05, 0.1) is 6.21 Å². The molecule has 0 spiro atoms. The number of aromatic hydroxyl groups is 1. The second-order valence-electron chi connectivity index (χ2n) is 5.83. The molecule has 0 saturated heterocycles. The zero-order chi connectivity index (χ0) is 19.9. The molecule has 2 amide bonds. The van der Waals surface area contributed by atoms with Crippen molar-refractivity contribution in [1.82, 2.24) is 5.43 Å². The molecule has 3 aromatic carbocycles. The van der Waals surface area contributed by atoms with Crippen LogP contribution in [0.4, 0.5) is 10.1 Å². The van der Waals surface area contributed by atoms with Crippen molar-refractivity contribution >= 4 is 23.7 Å². The average molecular weight is 377 g/mol. The number of halogens is 1. The van der Waals surface area contributed by atoms with Gasteiger partial charge >= 0.3 is 0 Å². The zero-order valence-electron chi connectivity index (χ0n) is 14.6. The minimum absolute atomic E-state index is 0.146. The van der Waals surface area contributed by atoms with E-state index in [2.05, 4.69) is 15.8 Å². The maximum Gasteiger partial charge on any atom is 0.271 e. The van der Waals surface area contributed by atoms with Crippen LogP contribution in [-0.4, -0.2) is 23.1 Å². The number of carbonyl (C=O) groups is 2. The van der Waals surface area contributed by atoms with Gasteiger partial charge in [0.2, 0.25) is 0 Å². The van der Waals surface area contributed by atoms with Crippen LogP contribution >= 0.6 is 0 Å². The monoisotopic (exact) mass is 377 g/mol. The third-order valence-corrected chi connectivity index (χ3v) is 3.78.